The van der Waals surface area contributed by atoms with E-state index in [1.807, 2.05) is 43.3 Å². The molecule has 3 aromatic rings. The summed E-state index contributed by atoms with van der Waals surface area (Å²) in [5.74, 6) is -0.672. The molecule has 0 spiro atoms. The van der Waals surface area contributed by atoms with Crippen molar-refractivity contribution in [1.82, 2.24) is 0 Å². The fourth-order valence-corrected chi connectivity index (χ4v) is 2.64. The van der Waals surface area contributed by atoms with Gasteiger partial charge in [0, 0.05) is 11.1 Å². The molecule has 0 unspecified atom stereocenters. The number of halogens is 2. The second-order valence-corrected chi connectivity index (χ2v) is 5.34. The van der Waals surface area contributed by atoms with Gasteiger partial charge in [-0.25, -0.2) is 4.39 Å². The number of rotatable bonds is 2. The van der Waals surface area contributed by atoms with Crippen LogP contribution in [0.2, 0.25) is 5.02 Å². The van der Waals surface area contributed by atoms with Crippen LogP contribution in [0.5, 0.6) is 0 Å². The van der Waals surface area contributed by atoms with Gasteiger partial charge in [0.25, 0.3) is 0 Å². The quantitative estimate of drug-likeness (QED) is 0.596. The Morgan fingerprint density at radius 2 is 1.81 bits per heavy atom. The Bertz CT molecular complexity index is 855. The molecule has 0 saturated carbocycles. The Kier molecular flexibility index (Phi) is 3.48. The lowest BCUT2D eigenvalue weighted by Crippen LogP contribution is -2.05. The summed E-state index contributed by atoms with van der Waals surface area (Å²) in [6, 6.07) is 15.7. The highest BCUT2D eigenvalue weighted by atomic mass is 35.5. The largest absolute Gasteiger partial charge is 0.289 e. The predicted octanol–water partition coefficient (Wildman–Crippen LogP) is 5.17. The summed E-state index contributed by atoms with van der Waals surface area (Å²) in [6.07, 6.45) is 0. The maximum Gasteiger partial charge on any atom is 0.193 e. The topological polar surface area (TPSA) is 17.1 Å². The van der Waals surface area contributed by atoms with Crippen molar-refractivity contribution in [2.24, 2.45) is 0 Å². The molecule has 0 aromatic heterocycles. The van der Waals surface area contributed by atoms with E-state index in [0.717, 1.165) is 16.3 Å². The highest BCUT2D eigenvalue weighted by molar-refractivity contribution is 6.31. The minimum absolute atomic E-state index is 0.0428. The first-order valence-electron chi connectivity index (χ1n) is 6.56. The lowest BCUT2D eigenvalue weighted by Gasteiger charge is -2.10. The summed E-state index contributed by atoms with van der Waals surface area (Å²) in [4.78, 5) is 12.8. The molecule has 0 aliphatic heterocycles. The zero-order valence-electron chi connectivity index (χ0n) is 11.4. The number of benzene rings is 3. The Hall–Kier alpha value is -2.19. The van der Waals surface area contributed by atoms with Crippen LogP contribution in [-0.2, 0) is 0 Å². The minimum atomic E-state index is -0.525. The molecule has 3 rings (SSSR count). The van der Waals surface area contributed by atoms with Crippen molar-refractivity contribution in [3.63, 3.8) is 0 Å². The minimum Gasteiger partial charge on any atom is -0.289 e. The van der Waals surface area contributed by atoms with Crippen LogP contribution in [0.1, 0.15) is 21.5 Å². The van der Waals surface area contributed by atoms with E-state index < -0.39 is 5.82 Å². The number of fused-ring (bicyclic) bond motifs is 1. The van der Waals surface area contributed by atoms with Crippen molar-refractivity contribution in [1.29, 1.82) is 0 Å². The Morgan fingerprint density at radius 1 is 1.05 bits per heavy atom. The second-order valence-electron chi connectivity index (χ2n) is 4.94. The summed E-state index contributed by atoms with van der Waals surface area (Å²) >= 11 is 5.78. The van der Waals surface area contributed by atoms with Crippen LogP contribution in [0.15, 0.2) is 54.6 Å². The normalized spacial score (nSPS) is 10.8. The number of carbonyl (C=O) groups excluding carboxylic acids is 1. The summed E-state index contributed by atoms with van der Waals surface area (Å²) in [5.41, 5.74) is 1.91. The Labute approximate surface area is 127 Å². The highest BCUT2D eigenvalue weighted by Crippen LogP contribution is 2.26. The van der Waals surface area contributed by atoms with E-state index in [2.05, 4.69) is 0 Å². The lowest BCUT2D eigenvalue weighted by atomic mass is 9.93. The van der Waals surface area contributed by atoms with Crippen molar-refractivity contribution in [2.45, 2.75) is 6.92 Å². The zero-order valence-corrected chi connectivity index (χ0v) is 12.1. The van der Waals surface area contributed by atoms with Gasteiger partial charge in [-0.05, 0) is 41.5 Å². The van der Waals surface area contributed by atoms with Gasteiger partial charge in [0.2, 0.25) is 0 Å². The maximum absolute atomic E-state index is 13.3. The van der Waals surface area contributed by atoms with Gasteiger partial charge in [0.05, 0.1) is 5.02 Å². The molecule has 0 aliphatic carbocycles. The number of ketones is 1. The highest BCUT2D eigenvalue weighted by Gasteiger charge is 2.16. The molecular weight excluding hydrogens is 287 g/mol. The molecule has 0 heterocycles. The monoisotopic (exact) mass is 298 g/mol. The number of hydrogen-bond donors (Lipinski definition) is 0. The molecule has 104 valence electrons. The molecule has 0 amide bonds. The van der Waals surface area contributed by atoms with Crippen LogP contribution in [-0.4, -0.2) is 5.78 Å². The molecule has 0 radical (unpaired) electrons. The first kappa shape index (κ1) is 13.8. The van der Waals surface area contributed by atoms with Crippen LogP contribution in [0.25, 0.3) is 10.8 Å². The van der Waals surface area contributed by atoms with Gasteiger partial charge in [-0.1, -0.05) is 48.0 Å². The Morgan fingerprint density at radius 3 is 2.57 bits per heavy atom. The third-order valence-corrected chi connectivity index (χ3v) is 3.84. The van der Waals surface area contributed by atoms with Crippen LogP contribution < -0.4 is 0 Å². The molecule has 0 aliphatic rings. The third kappa shape index (κ3) is 2.43. The van der Waals surface area contributed by atoms with Gasteiger partial charge in [-0.2, -0.15) is 0 Å². The average Bonchev–Trinajstić information content (AvgIpc) is 2.49. The molecule has 0 atom stereocenters. The molecule has 3 aromatic carbocycles. The van der Waals surface area contributed by atoms with Crippen LogP contribution in [0.3, 0.4) is 0 Å². The molecule has 3 heteroatoms. The van der Waals surface area contributed by atoms with E-state index in [9.17, 15) is 9.18 Å². The van der Waals surface area contributed by atoms with Gasteiger partial charge in [0.15, 0.2) is 5.78 Å². The fourth-order valence-electron chi connectivity index (χ4n) is 2.46. The maximum atomic E-state index is 13.3. The van der Waals surface area contributed by atoms with Crippen molar-refractivity contribution < 1.29 is 9.18 Å². The van der Waals surface area contributed by atoms with Crippen molar-refractivity contribution in [3.05, 3.63) is 82.1 Å². The summed E-state index contributed by atoms with van der Waals surface area (Å²) < 4.78 is 13.3. The number of aryl methyl sites for hydroxylation is 1. The molecule has 1 nitrogen and oxygen atoms in total. The van der Waals surface area contributed by atoms with Crippen molar-refractivity contribution in [2.75, 3.05) is 0 Å². The average molecular weight is 299 g/mol. The second kappa shape index (κ2) is 5.30. The van der Waals surface area contributed by atoms with Gasteiger partial charge in [-0.15, -0.1) is 0 Å². The first-order valence-corrected chi connectivity index (χ1v) is 6.94. The Balaban J connectivity index is 2.21. The summed E-state index contributed by atoms with van der Waals surface area (Å²) in [7, 11) is 0. The van der Waals surface area contributed by atoms with Gasteiger partial charge in [-0.3, -0.25) is 4.79 Å². The van der Waals surface area contributed by atoms with Crippen molar-refractivity contribution in [3.8, 4) is 0 Å². The van der Waals surface area contributed by atoms with E-state index >= 15 is 0 Å². The molecular formula is C18H12ClFO. The summed E-state index contributed by atoms with van der Waals surface area (Å²) in [5, 5.41) is 1.85. The van der Waals surface area contributed by atoms with E-state index in [1.165, 1.54) is 18.2 Å². The SMILES string of the molecule is Cc1ccc2ccccc2c1C(=O)c1ccc(F)c(Cl)c1. The van der Waals surface area contributed by atoms with E-state index in [4.69, 9.17) is 11.6 Å². The van der Waals surface area contributed by atoms with Crippen molar-refractivity contribution >= 4 is 28.2 Å². The molecule has 0 saturated heterocycles. The fraction of sp³-hybridized carbons (Fsp3) is 0.0556. The smallest absolute Gasteiger partial charge is 0.193 e. The number of hydrogen-bond acceptors (Lipinski definition) is 1. The molecule has 21 heavy (non-hydrogen) atoms. The molecule has 0 bridgehead atoms. The third-order valence-electron chi connectivity index (χ3n) is 3.55. The van der Waals surface area contributed by atoms with Crippen LogP contribution in [0.4, 0.5) is 4.39 Å². The molecule has 0 N–H and O–H groups in total. The van der Waals surface area contributed by atoms with Crippen LogP contribution in [0, 0.1) is 12.7 Å². The molecule has 0 fully saturated rings. The van der Waals surface area contributed by atoms with Crippen LogP contribution >= 0.6 is 11.6 Å². The van der Waals surface area contributed by atoms with Gasteiger partial charge < -0.3 is 0 Å². The lowest BCUT2D eigenvalue weighted by molar-refractivity contribution is 0.103. The predicted molar refractivity (Wildman–Crippen MR) is 83.5 cm³/mol. The van der Waals surface area contributed by atoms with Gasteiger partial charge in [0.1, 0.15) is 5.82 Å². The summed E-state index contributed by atoms with van der Waals surface area (Å²) in [6.45, 7) is 1.89. The number of carbonyl (C=O) groups is 1. The van der Waals surface area contributed by atoms with E-state index in [0.29, 0.717) is 11.1 Å². The van der Waals surface area contributed by atoms with E-state index in [1.54, 1.807) is 0 Å². The van der Waals surface area contributed by atoms with Gasteiger partial charge >= 0.3 is 0 Å². The first-order chi connectivity index (χ1) is 10.1. The van der Waals surface area contributed by atoms with E-state index in [-0.39, 0.29) is 10.8 Å². The zero-order chi connectivity index (χ0) is 15.0. The standard InChI is InChI=1S/C18H12ClFO/c1-11-6-7-12-4-2-3-5-14(12)17(11)18(21)13-8-9-16(20)15(19)10-13/h2-10H,1H3.